The molecule has 1 aromatic heterocycles. The van der Waals surface area contributed by atoms with Crippen LogP contribution >= 0.6 is 11.6 Å². The highest BCUT2D eigenvalue weighted by atomic mass is 35.5. The number of amides is 2. The van der Waals surface area contributed by atoms with Crippen molar-refractivity contribution >= 4 is 34.6 Å². The Bertz CT molecular complexity index is 1140. The van der Waals surface area contributed by atoms with E-state index in [1.54, 1.807) is 46.8 Å². The van der Waals surface area contributed by atoms with Gasteiger partial charge in [-0.15, -0.1) is 0 Å². The molecule has 1 atom stereocenters. The number of carbonyl (C=O) groups is 2. The summed E-state index contributed by atoms with van der Waals surface area (Å²) in [6.07, 6.45) is 1.65. The van der Waals surface area contributed by atoms with Crippen molar-refractivity contribution in [3.8, 4) is 0 Å². The molecule has 2 aromatic carbocycles. The highest BCUT2D eigenvalue weighted by molar-refractivity contribution is 6.31. The fourth-order valence-electron chi connectivity index (χ4n) is 3.57. The topological polar surface area (TPSA) is 93.5 Å². The number of aryl methyl sites for hydroxylation is 1. The Hall–Kier alpha value is -3.06. The Morgan fingerprint density at radius 2 is 1.79 bits per heavy atom. The number of nitrogens with zero attached hydrogens (tertiary/aromatic N) is 1. The molecule has 1 heterocycles. The predicted molar refractivity (Wildman–Crippen MR) is 133 cm³/mol. The molecule has 0 saturated heterocycles. The summed E-state index contributed by atoms with van der Waals surface area (Å²) < 4.78 is 10.8. The molecule has 34 heavy (non-hydrogen) atoms. The Morgan fingerprint density at radius 3 is 2.47 bits per heavy atom. The van der Waals surface area contributed by atoms with E-state index in [4.69, 9.17) is 20.9 Å². The molecule has 2 amide bonds. The molecule has 0 aliphatic carbocycles. The predicted octanol–water partition coefficient (Wildman–Crippen LogP) is 5.96. The first-order chi connectivity index (χ1) is 15.9. The highest BCUT2D eigenvalue weighted by Gasteiger charge is 2.34. The number of alkyl carbamates (subject to hydrolysis) is 1. The van der Waals surface area contributed by atoms with Crippen LogP contribution in [-0.4, -0.2) is 28.3 Å². The van der Waals surface area contributed by atoms with Crippen molar-refractivity contribution in [1.82, 2.24) is 15.8 Å². The fraction of sp³-hybridized carbons (Fsp3) is 0.423. The van der Waals surface area contributed by atoms with Crippen molar-refractivity contribution in [3.63, 3.8) is 0 Å². The summed E-state index contributed by atoms with van der Waals surface area (Å²) in [5.41, 5.74) is 0.522. The van der Waals surface area contributed by atoms with E-state index < -0.39 is 23.3 Å². The van der Waals surface area contributed by atoms with Crippen LogP contribution < -0.4 is 10.6 Å². The monoisotopic (exact) mass is 485 g/mol. The molecule has 182 valence electrons. The minimum absolute atomic E-state index is 0.354. The van der Waals surface area contributed by atoms with Crippen LogP contribution in [0.2, 0.25) is 5.02 Å². The molecule has 1 unspecified atom stereocenters. The molecule has 0 radical (unpaired) electrons. The van der Waals surface area contributed by atoms with Gasteiger partial charge < -0.3 is 19.9 Å². The smallest absolute Gasteiger partial charge is 0.408 e. The Balaban J connectivity index is 1.78. The number of hydrogen-bond donors (Lipinski definition) is 2. The third-order valence-electron chi connectivity index (χ3n) is 5.28. The van der Waals surface area contributed by atoms with Gasteiger partial charge >= 0.3 is 6.09 Å². The molecule has 0 aliphatic heterocycles. The van der Waals surface area contributed by atoms with E-state index in [0.717, 1.165) is 18.2 Å². The van der Waals surface area contributed by atoms with E-state index in [-0.39, 0.29) is 5.91 Å². The molecule has 0 bridgehead atoms. The number of carbonyl (C=O) groups excluding carboxylic acids is 2. The second-order valence-electron chi connectivity index (χ2n) is 9.86. The van der Waals surface area contributed by atoms with Crippen LogP contribution in [0.15, 0.2) is 53.1 Å². The second-order valence-corrected chi connectivity index (χ2v) is 10.3. The molecule has 0 saturated carbocycles. The Kier molecular flexibility index (Phi) is 7.87. The number of fused-ring (bicyclic) bond motifs is 1. The van der Waals surface area contributed by atoms with Gasteiger partial charge in [0.25, 0.3) is 0 Å². The first-order valence-corrected chi connectivity index (χ1v) is 11.7. The summed E-state index contributed by atoms with van der Waals surface area (Å²) in [6.45, 7) is 8.57. The zero-order chi connectivity index (χ0) is 24.9. The maximum atomic E-state index is 13.2. The number of aromatic nitrogens is 1. The lowest BCUT2D eigenvalue weighted by molar-refractivity contribution is -0.127. The van der Waals surface area contributed by atoms with Crippen LogP contribution in [-0.2, 0) is 16.0 Å². The Morgan fingerprint density at radius 1 is 1.09 bits per heavy atom. The van der Waals surface area contributed by atoms with Crippen molar-refractivity contribution in [1.29, 1.82) is 0 Å². The molecular weight excluding hydrogens is 454 g/mol. The second kappa shape index (κ2) is 10.5. The van der Waals surface area contributed by atoms with Crippen LogP contribution in [0.4, 0.5) is 4.79 Å². The largest absolute Gasteiger partial charge is 0.444 e. The number of benzene rings is 2. The van der Waals surface area contributed by atoms with Gasteiger partial charge in [-0.1, -0.05) is 47.1 Å². The van der Waals surface area contributed by atoms with Gasteiger partial charge in [0.15, 0.2) is 5.58 Å². The van der Waals surface area contributed by atoms with E-state index in [2.05, 4.69) is 27.9 Å². The maximum Gasteiger partial charge on any atom is 0.408 e. The minimum Gasteiger partial charge on any atom is -0.444 e. The van der Waals surface area contributed by atoms with Crippen LogP contribution in [0.1, 0.15) is 64.8 Å². The third kappa shape index (κ3) is 6.97. The molecule has 2 N–H and O–H groups in total. The third-order valence-corrected chi connectivity index (χ3v) is 5.51. The summed E-state index contributed by atoms with van der Waals surface area (Å²) >= 11 is 6.09. The van der Waals surface area contributed by atoms with Gasteiger partial charge in [0, 0.05) is 16.5 Å². The van der Waals surface area contributed by atoms with Crippen molar-refractivity contribution in [2.24, 2.45) is 0 Å². The minimum atomic E-state index is -1.21. The van der Waals surface area contributed by atoms with Gasteiger partial charge in [-0.2, -0.15) is 0 Å². The van der Waals surface area contributed by atoms with Crippen LogP contribution in [0, 0.1) is 0 Å². The number of nitrogens with one attached hydrogen (secondary N) is 2. The van der Waals surface area contributed by atoms with Crippen LogP contribution in [0.5, 0.6) is 0 Å². The molecule has 7 nitrogen and oxygen atoms in total. The van der Waals surface area contributed by atoms with Gasteiger partial charge in [-0.3, -0.25) is 4.79 Å². The summed E-state index contributed by atoms with van der Waals surface area (Å²) in [6, 6.07) is 15.0. The normalized spacial score (nSPS) is 12.9. The first-order valence-electron chi connectivity index (χ1n) is 11.4. The van der Waals surface area contributed by atoms with Crippen molar-refractivity contribution in [2.45, 2.75) is 71.1 Å². The van der Waals surface area contributed by atoms with Gasteiger partial charge in [-0.25, -0.2) is 4.79 Å². The number of rotatable bonds is 8. The fourth-order valence-corrected chi connectivity index (χ4v) is 3.73. The first kappa shape index (κ1) is 25.6. The van der Waals surface area contributed by atoms with E-state index >= 15 is 0 Å². The van der Waals surface area contributed by atoms with Gasteiger partial charge in [-0.05, 0) is 71.6 Å². The summed E-state index contributed by atoms with van der Waals surface area (Å²) in [5, 5.41) is 11.3. The van der Waals surface area contributed by atoms with Gasteiger partial charge in [0.05, 0.1) is 6.04 Å². The van der Waals surface area contributed by atoms with E-state index in [1.807, 2.05) is 24.3 Å². The van der Waals surface area contributed by atoms with E-state index in [1.165, 1.54) is 5.56 Å². The lowest BCUT2D eigenvalue weighted by Gasteiger charge is -2.29. The summed E-state index contributed by atoms with van der Waals surface area (Å²) in [5.74, 6) is -0.354. The molecule has 0 aliphatic rings. The summed E-state index contributed by atoms with van der Waals surface area (Å²) in [4.78, 5) is 25.5. The van der Waals surface area contributed by atoms with Crippen molar-refractivity contribution < 1.29 is 18.8 Å². The number of hydrogen-bond acceptors (Lipinski definition) is 5. The van der Waals surface area contributed by atoms with E-state index in [0.29, 0.717) is 22.7 Å². The Labute approximate surface area is 205 Å². The average Bonchev–Trinajstić information content (AvgIpc) is 3.14. The number of ether oxygens (including phenoxy) is 1. The quantitative estimate of drug-likeness (QED) is 0.410. The zero-order valence-corrected chi connectivity index (χ0v) is 21.0. The molecular formula is C26H32ClN3O4. The van der Waals surface area contributed by atoms with Crippen molar-refractivity contribution in [2.75, 3.05) is 0 Å². The summed E-state index contributed by atoms with van der Waals surface area (Å²) in [7, 11) is 0. The van der Waals surface area contributed by atoms with Crippen LogP contribution in [0.3, 0.4) is 0 Å². The van der Waals surface area contributed by atoms with E-state index in [9.17, 15) is 9.59 Å². The molecule has 0 spiro atoms. The lowest BCUT2D eigenvalue weighted by atomic mass is 9.98. The van der Waals surface area contributed by atoms with Gasteiger partial charge in [0.1, 0.15) is 16.8 Å². The molecule has 0 fully saturated rings. The van der Waals surface area contributed by atoms with Crippen LogP contribution in [0.25, 0.3) is 11.0 Å². The molecule has 3 aromatic rings. The molecule has 3 rings (SSSR count). The highest BCUT2D eigenvalue weighted by Crippen LogP contribution is 2.29. The standard InChI is InChI=1S/C26H32ClN3O4/c1-25(2,3)33-24(32)29-26(4,5)23(31)28-20(13-9-12-17-10-7-6-8-11-17)22-19-15-14-18(27)16-21(19)34-30-22/h6-8,10-11,14-16,20H,9,12-13H2,1-5H3,(H,28,31)(H,29,32). The average molecular weight is 486 g/mol. The lowest BCUT2D eigenvalue weighted by Crippen LogP contribution is -2.56. The zero-order valence-electron chi connectivity index (χ0n) is 20.3. The number of halogens is 1. The van der Waals surface area contributed by atoms with Gasteiger partial charge in [0.2, 0.25) is 5.91 Å². The molecule has 8 heteroatoms. The van der Waals surface area contributed by atoms with Crippen molar-refractivity contribution in [3.05, 3.63) is 64.8 Å². The maximum absolute atomic E-state index is 13.2. The SMILES string of the molecule is CC(C)(C)OC(=O)NC(C)(C)C(=O)NC(CCCc1ccccc1)c1noc2cc(Cl)ccc12.